The molecule has 0 aromatic heterocycles. The van der Waals surface area contributed by atoms with Gasteiger partial charge in [0.05, 0.1) is 13.7 Å². The van der Waals surface area contributed by atoms with Gasteiger partial charge in [0.2, 0.25) is 10.0 Å². The Morgan fingerprint density at radius 3 is 2.70 bits per heavy atom. The summed E-state index contributed by atoms with van der Waals surface area (Å²) < 4.78 is 37.8. The Morgan fingerprint density at radius 1 is 1.40 bits per heavy atom. The molecule has 1 aliphatic heterocycles. The van der Waals surface area contributed by atoms with Crippen molar-refractivity contribution in [2.24, 2.45) is 0 Å². The molecule has 20 heavy (non-hydrogen) atoms. The van der Waals surface area contributed by atoms with Gasteiger partial charge in [0.15, 0.2) is 0 Å². The Labute approximate surface area is 118 Å². The van der Waals surface area contributed by atoms with E-state index in [-0.39, 0.29) is 23.3 Å². The standard InChI is InChI=1S/C13H19NO5S/c1-18-12-3-2-10(9-15)8-13(12)20(16,17)14-11-4-6-19-7-5-11/h2-3,8,11,14-15H,4-7,9H2,1H3. The van der Waals surface area contributed by atoms with Gasteiger partial charge in [-0.05, 0) is 30.5 Å². The summed E-state index contributed by atoms with van der Waals surface area (Å²) in [6.07, 6.45) is 1.31. The van der Waals surface area contributed by atoms with Crippen LogP contribution in [0.1, 0.15) is 18.4 Å². The lowest BCUT2D eigenvalue weighted by atomic mass is 10.1. The van der Waals surface area contributed by atoms with Crippen molar-refractivity contribution in [1.82, 2.24) is 4.72 Å². The maximum absolute atomic E-state index is 12.4. The van der Waals surface area contributed by atoms with Crippen molar-refractivity contribution in [3.8, 4) is 5.75 Å². The Kier molecular flexibility index (Phi) is 4.98. The second kappa shape index (κ2) is 6.53. The summed E-state index contributed by atoms with van der Waals surface area (Å²) in [4.78, 5) is 0.0537. The van der Waals surface area contributed by atoms with Gasteiger partial charge < -0.3 is 14.6 Å². The predicted octanol–water partition coefficient (Wildman–Crippen LogP) is 0.645. The molecular weight excluding hydrogens is 282 g/mol. The molecule has 0 radical (unpaired) electrons. The Hall–Kier alpha value is -1.15. The third-order valence-electron chi connectivity index (χ3n) is 3.24. The van der Waals surface area contributed by atoms with Gasteiger partial charge in [0, 0.05) is 19.3 Å². The molecule has 2 rings (SSSR count). The monoisotopic (exact) mass is 301 g/mol. The van der Waals surface area contributed by atoms with Crippen molar-refractivity contribution in [2.45, 2.75) is 30.4 Å². The molecule has 112 valence electrons. The highest BCUT2D eigenvalue weighted by Gasteiger charge is 2.25. The SMILES string of the molecule is COc1ccc(CO)cc1S(=O)(=O)NC1CCOCC1. The molecule has 0 amide bonds. The molecule has 1 heterocycles. The lowest BCUT2D eigenvalue weighted by molar-refractivity contribution is 0.0832. The van der Waals surface area contributed by atoms with E-state index in [9.17, 15) is 8.42 Å². The highest BCUT2D eigenvalue weighted by Crippen LogP contribution is 2.25. The molecule has 1 fully saturated rings. The van der Waals surface area contributed by atoms with Gasteiger partial charge in [0.25, 0.3) is 0 Å². The number of aliphatic hydroxyl groups excluding tert-OH is 1. The Bertz CT molecular complexity index is 552. The average Bonchev–Trinajstić information content (AvgIpc) is 2.47. The van der Waals surface area contributed by atoms with Crippen molar-refractivity contribution in [2.75, 3.05) is 20.3 Å². The quantitative estimate of drug-likeness (QED) is 0.834. The number of methoxy groups -OCH3 is 1. The number of hydrogen-bond donors (Lipinski definition) is 2. The van der Waals surface area contributed by atoms with Crippen LogP contribution in [0.3, 0.4) is 0 Å². The lowest BCUT2D eigenvalue weighted by Gasteiger charge is -2.23. The second-order valence-electron chi connectivity index (χ2n) is 4.65. The van der Waals surface area contributed by atoms with Gasteiger partial charge in [0.1, 0.15) is 10.6 Å². The van der Waals surface area contributed by atoms with E-state index in [1.165, 1.54) is 13.2 Å². The van der Waals surface area contributed by atoms with E-state index >= 15 is 0 Å². The Balaban J connectivity index is 2.27. The zero-order valence-corrected chi connectivity index (χ0v) is 12.1. The zero-order valence-electron chi connectivity index (χ0n) is 11.3. The number of sulfonamides is 1. The summed E-state index contributed by atoms with van der Waals surface area (Å²) in [6, 6.07) is 4.48. The second-order valence-corrected chi connectivity index (χ2v) is 6.33. The fraction of sp³-hybridized carbons (Fsp3) is 0.538. The number of rotatable bonds is 5. The summed E-state index contributed by atoms with van der Waals surface area (Å²) in [5, 5.41) is 9.14. The van der Waals surface area contributed by atoms with Crippen molar-refractivity contribution < 1.29 is 23.0 Å². The topological polar surface area (TPSA) is 84.9 Å². The third kappa shape index (κ3) is 3.49. The molecule has 2 N–H and O–H groups in total. The molecule has 7 heteroatoms. The molecule has 1 aliphatic rings. The first-order valence-corrected chi connectivity index (χ1v) is 7.93. The van der Waals surface area contributed by atoms with Gasteiger partial charge in [-0.2, -0.15) is 0 Å². The largest absolute Gasteiger partial charge is 0.495 e. The summed E-state index contributed by atoms with van der Waals surface area (Å²) in [6.45, 7) is 0.895. The molecule has 0 aliphatic carbocycles. The van der Waals surface area contributed by atoms with Crippen LogP contribution in [-0.2, 0) is 21.4 Å². The van der Waals surface area contributed by atoms with E-state index in [4.69, 9.17) is 14.6 Å². The summed E-state index contributed by atoms with van der Waals surface area (Å²) in [7, 11) is -2.26. The fourth-order valence-corrected chi connectivity index (χ4v) is 3.65. The summed E-state index contributed by atoms with van der Waals surface area (Å²) in [5.41, 5.74) is 0.526. The van der Waals surface area contributed by atoms with Crippen molar-refractivity contribution >= 4 is 10.0 Å². The maximum Gasteiger partial charge on any atom is 0.244 e. The zero-order chi connectivity index (χ0) is 14.6. The van der Waals surface area contributed by atoms with Gasteiger partial charge in [-0.3, -0.25) is 0 Å². The van der Waals surface area contributed by atoms with E-state index in [2.05, 4.69) is 4.72 Å². The molecule has 0 atom stereocenters. The number of benzene rings is 1. The first kappa shape index (κ1) is 15.2. The van der Waals surface area contributed by atoms with Crippen LogP contribution in [0.5, 0.6) is 5.75 Å². The van der Waals surface area contributed by atoms with Crippen LogP contribution in [0.2, 0.25) is 0 Å². The highest BCUT2D eigenvalue weighted by molar-refractivity contribution is 7.89. The first-order valence-electron chi connectivity index (χ1n) is 6.44. The molecule has 0 unspecified atom stereocenters. The van der Waals surface area contributed by atoms with Crippen LogP contribution in [0.25, 0.3) is 0 Å². The van der Waals surface area contributed by atoms with Crippen LogP contribution in [0.4, 0.5) is 0 Å². The predicted molar refractivity (Wildman–Crippen MR) is 73.1 cm³/mol. The number of nitrogens with one attached hydrogen (secondary N) is 1. The van der Waals surface area contributed by atoms with Gasteiger partial charge in [-0.25, -0.2) is 13.1 Å². The third-order valence-corrected chi connectivity index (χ3v) is 4.78. The van der Waals surface area contributed by atoms with E-state index in [0.29, 0.717) is 31.6 Å². The minimum Gasteiger partial charge on any atom is -0.495 e. The normalized spacial score (nSPS) is 17.1. The van der Waals surface area contributed by atoms with Crippen molar-refractivity contribution in [3.63, 3.8) is 0 Å². The van der Waals surface area contributed by atoms with Crippen molar-refractivity contribution in [3.05, 3.63) is 23.8 Å². The van der Waals surface area contributed by atoms with Crippen LogP contribution in [0.15, 0.2) is 23.1 Å². The average molecular weight is 301 g/mol. The first-order chi connectivity index (χ1) is 9.56. The van der Waals surface area contributed by atoms with Gasteiger partial charge >= 0.3 is 0 Å². The minimum absolute atomic E-state index is 0.0537. The number of hydrogen-bond acceptors (Lipinski definition) is 5. The van der Waals surface area contributed by atoms with Crippen LogP contribution < -0.4 is 9.46 Å². The van der Waals surface area contributed by atoms with Crippen LogP contribution in [-0.4, -0.2) is 39.9 Å². The van der Waals surface area contributed by atoms with Crippen LogP contribution >= 0.6 is 0 Å². The van der Waals surface area contributed by atoms with E-state index in [1.807, 2.05) is 0 Å². The van der Waals surface area contributed by atoms with Crippen molar-refractivity contribution in [1.29, 1.82) is 0 Å². The molecule has 6 nitrogen and oxygen atoms in total. The number of ether oxygens (including phenoxy) is 2. The van der Waals surface area contributed by atoms with Gasteiger partial charge in [-0.1, -0.05) is 6.07 Å². The molecule has 0 bridgehead atoms. The molecule has 1 aromatic carbocycles. The summed E-state index contributed by atoms with van der Waals surface area (Å²) in [5.74, 6) is 0.266. The van der Waals surface area contributed by atoms with E-state index < -0.39 is 10.0 Å². The Morgan fingerprint density at radius 2 is 2.10 bits per heavy atom. The molecule has 1 aromatic rings. The van der Waals surface area contributed by atoms with Gasteiger partial charge in [-0.15, -0.1) is 0 Å². The molecule has 1 saturated heterocycles. The molecule has 0 spiro atoms. The number of aliphatic hydroxyl groups is 1. The van der Waals surface area contributed by atoms with Crippen LogP contribution in [0, 0.1) is 0 Å². The summed E-state index contributed by atoms with van der Waals surface area (Å²) >= 11 is 0. The highest BCUT2D eigenvalue weighted by atomic mass is 32.2. The maximum atomic E-state index is 12.4. The van der Waals surface area contributed by atoms with E-state index in [1.54, 1.807) is 12.1 Å². The smallest absolute Gasteiger partial charge is 0.244 e. The minimum atomic E-state index is -3.68. The lowest BCUT2D eigenvalue weighted by Crippen LogP contribution is -2.39. The fourth-order valence-electron chi connectivity index (χ4n) is 2.13. The molecular formula is C13H19NO5S. The van der Waals surface area contributed by atoms with E-state index in [0.717, 1.165) is 0 Å². The molecule has 0 saturated carbocycles.